The van der Waals surface area contributed by atoms with Crippen LogP contribution in [0.25, 0.3) is 12.2 Å². The van der Waals surface area contributed by atoms with E-state index in [0.717, 1.165) is 60.1 Å². The summed E-state index contributed by atoms with van der Waals surface area (Å²) in [7, 11) is 0. The number of aromatic nitrogens is 3. The largest absolute Gasteiger partial charge is 0.478 e. The van der Waals surface area contributed by atoms with Gasteiger partial charge < -0.3 is 24.1 Å². The Hall–Kier alpha value is -4.92. The monoisotopic (exact) mass is 717 g/mol. The molecule has 6 atom stereocenters. The molecule has 0 radical (unpaired) electrons. The molecule has 4 aromatic rings. The SMILES string of the molecule is C=c1ccc2c(c1)Oc1cc(Oc3nc(OC4CCC(C)CC4C(C)C)nc(OC4CCC(C)CC4C(C)C)n3)ccc1C=2c1ccccc1C(=O)O. The average molecular weight is 718 g/mol. The third-order valence-electron chi connectivity index (χ3n) is 11.4. The summed E-state index contributed by atoms with van der Waals surface area (Å²) in [6.07, 6.45) is 6.19. The molecule has 7 rings (SSSR count). The first-order valence-corrected chi connectivity index (χ1v) is 19.2. The van der Waals surface area contributed by atoms with Gasteiger partial charge in [0.1, 0.15) is 29.5 Å². The first-order valence-electron chi connectivity index (χ1n) is 19.2. The summed E-state index contributed by atoms with van der Waals surface area (Å²) in [4.78, 5) is 26.4. The maximum Gasteiger partial charge on any atom is 0.336 e. The second-order valence-electron chi connectivity index (χ2n) is 16.1. The number of hydrogen-bond acceptors (Lipinski definition) is 8. The fourth-order valence-electron chi connectivity index (χ4n) is 8.49. The van der Waals surface area contributed by atoms with Crippen LogP contribution in [0.4, 0.5) is 0 Å². The fourth-order valence-corrected chi connectivity index (χ4v) is 8.49. The van der Waals surface area contributed by atoms with E-state index in [9.17, 15) is 9.90 Å². The first-order chi connectivity index (χ1) is 25.4. The predicted molar refractivity (Wildman–Crippen MR) is 204 cm³/mol. The Labute approximate surface area is 312 Å². The van der Waals surface area contributed by atoms with Gasteiger partial charge in [-0.05, 0) is 109 Å². The summed E-state index contributed by atoms with van der Waals surface area (Å²) >= 11 is 0. The van der Waals surface area contributed by atoms with Gasteiger partial charge in [-0.3, -0.25) is 0 Å². The highest BCUT2D eigenvalue weighted by atomic mass is 16.5. The summed E-state index contributed by atoms with van der Waals surface area (Å²) in [6.45, 7) is 17.7. The minimum atomic E-state index is -1.01. The summed E-state index contributed by atoms with van der Waals surface area (Å²) in [6, 6.07) is 18.6. The van der Waals surface area contributed by atoms with Gasteiger partial charge >= 0.3 is 24.0 Å². The number of rotatable bonds is 10. The van der Waals surface area contributed by atoms with Crippen LogP contribution in [0.2, 0.25) is 0 Å². The molecule has 2 heterocycles. The molecule has 1 N–H and O–H groups in total. The van der Waals surface area contributed by atoms with Crippen LogP contribution in [0.15, 0.2) is 60.7 Å². The highest BCUT2D eigenvalue weighted by Crippen LogP contribution is 2.41. The van der Waals surface area contributed by atoms with Crippen molar-refractivity contribution in [3.05, 3.63) is 87.8 Å². The summed E-state index contributed by atoms with van der Waals surface area (Å²) in [5.41, 5.74) is 2.27. The number of aromatic carboxylic acids is 1. The number of carboxylic acids is 1. The number of hydrogen-bond donors (Lipinski definition) is 1. The molecular weight excluding hydrogens is 666 g/mol. The Morgan fingerprint density at radius 2 is 1.36 bits per heavy atom. The third-order valence-corrected chi connectivity index (χ3v) is 11.4. The Bertz CT molecular complexity index is 2040. The van der Waals surface area contributed by atoms with Crippen molar-refractivity contribution in [2.24, 2.45) is 35.5 Å². The molecule has 2 fully saturated rings. The van der Waals surface area contributed by atoms with Gasteiger partial charge in [0, 0.05) is 22.4 Å². The molecule has 9 heteroatoms. The van der Waals surface area contributed by atoms with E-state index >= 15 is 0 Å². The topological polar surface area (TPSA) is 113 Å². The van der Waals surface area contributed by atoms with E-state index in [1.165, 1.54) is 0 Å². The molecule has 3 aliphatic rings. The minimum Gasteiger partial charge on any atom is -0.478 e. The molecule has 9 nitrogen and oxygen atoms in total. The maximum absolute atomic E-state index is 12.3. The number of nitrogens with zero attached hydrogens (tertiary/aromatic N) is 3. The van der Waals surface area contributed by atoms with Gasteiger partial charge in [-0.2, -0.15) is 0 Å². The molecule has 6 unspecified atom stereocenters. The van der Waals surface area contributed by atoms with Gasteiger partial charge in [0.2, 0.25) is 0 Å². The molecule has 1 aromatic heterocycles. The van der Waals surface area contributed by atoms with Crippen molar-refractivity contribution in [2.45, 2.75) is 92.3 Å². The van der Waals surface area contributed by atoms with E-state index in [0.29, 0.717) is 58.3 Å². The lowest BCUT2D eigenvalue weighted by atomic mass is 9.75. The van der Waals surface area contributed by atoms with Crippen LogP contribution in [0, 0.1) is 35.5 Å². The number of carbonyl (C=O) groups is 1. The van der Waals surface area contributed by atoms with Gasteiger partial charge in [-0.25, -0.2) is 4.79 Å². The molecule has 0 spiro atoms. The van der Waals surface area contributed by atoms with Crippen molar-refractivity contribution < 1.29 is 28.8 Å². The van der Waals surface area contributed by atoms with Crippen molar-refractivity contribution in [3.8, 4) is 35.3 Å². The van der Waals surface area contributed by atoms with Crippen LogP contribution in [0.3, 0.4) is 0 Å². The highest BCUT2D eigenvalue weighted by Gasteiger charge is 2.35. The molecule has 0 saturated heterocycles. The van der Waals surface area contributed by atoms with Crippen molar-refractivity contribution >= 4 is 18.1 Å². The Morgan fingerprint density at radius 3 is 1.96 bits per heavy atom. The summed E-state index contributed by atoms with van der Waals surface area (Å²) in [5, 5.41) is 11.6. The first kappa shape index (κ1) is 36.4. The summed E-state index contributed by atoms with van der Waals surface area (Å²) in [5.74, 6) is 3.47. The molecule has 3 aromatic carbocycles. The van der Waals surface area contributed by atoms with Crippen LogP contribution in [0.1, 0.15) is 102 Å². The van der Waals surface area contributed by atoms with E-state index in [4.69, 9.17) is 23.9 Å². The van der Waals surface area contributed by atoms with Gasteiger partial charge in [0.15, 0.2) is 0 Å². The predicted octanol–water partition coefficient (Wildman–Crippen LogP) is 8.80. The Morgan fingerprint density at radius 1 is 0.755 bits per heavy atom. The average Bonchev–Trinajstić information content (AvgIpc) is 3.11. The van der Waals surface area contributed by atoms with E-state index in [1.54, 1.807) is 18.2 Å². The molecule has 278 valence electrons. The molecule has 1 aliphatic heterocycles. The van der Waals surface area contributed by atoms with Crippen LogP contribution in [-0.2, 0) is 0 Å². The molecule has 53 heavy (non-hydrogen) atoms. The molecular formula is C44H51N3O6. The lowest BCUT2D eigenvalue weighted by Gasteiger charge is -2.37. The quantitative estimate of drug-likeness (QED) is 0.151. The zero-order chi connectivity index (χ0) is 37.4. The molecule has 0 bridgehead atoms. The van der Waals surface area contributed by atoms with Crippen molar-refractivity contribution in [1.82, 2.24) is 15.0 Å². The fraction of sp³-hybridized carbons (Fsp3) is 0.455. The van der Waals surface area contributed by atoms with E-state index in [-0.39, 0.29) is 35.8 Å². The maximum atomic E-state index is 12.3. The van der Waals surface area contributed by atoms with Crippen molar-refractivity contribution in [2.75, 3.05) is 0 Å². The number of carboxylic acid groups (broad SMARTS) is 1. The zero-order valence-corrected chi connectivity index (χ0v) is 31.7. The van der Waals surface area contributed by atoms with Crippen molar-refractivity contribution in [3.63, 3.8) is 0 Å². The Balaban J connectivity index is 1.25. The van der Waals surface area contributed by atoms with Crippen LogP contribution >= 0.6 is 0 Å². The van der Waals surface area contributed by atoms with Crippen LogP contribution < -0.4 is 29.4 Å². The molecule has 0 amide bonds. The lowest BCUT2D eigenvalue weighted by Crippen LogP contribution is -2.37. The highest BCUT2D eigenvalue weighted by molar-refractivity contribution is 5.98. The normalized spacial score (nSPS) is 23.9. The van der Waals surface area contributed by atoms with Crippen molar-refractivity contribution in [1.29, 1.82) is 0 Å². The van der Waals surface area contributed by atoms with Gasteiger partial charge in [-0.15, -0.1) is 15.0 Å². The number of ether oxygens (including phenoxy) is 4. The van der Waals surface area contributed by atoms with Gasteiger partial charge in [0.25, 0.3) is 0 Å². The second kappa shape index (κ2) is 15.2. The van der Waals surface area contributed by atoms with E-state index in [1.807, 2.05) is 42.5 Å². The van der Waals surface area contributed by atoms with Crippen LogP contribution in [-0.4, -0.2) is 38.2 Å². The molecule has 2 saturated carbocycles. The zero-order valence-electron chi connectivity index (χ0n) is 31.7. The number of benzene rings is 3. The van der Waals surface area contributed by atoms with Gasteiger partial charge in [-0.1, -0.05) is 78.5 Å². The second-order valence-corrected chi connectivity index (χ2v) is 16.1. The van der Waals surface area contributed by atoms with E-state index < -0.39 is 5.97 Å². The van der Waals surface area contributed by atoms with E-state index in [2.05, 4.69) is 58.1 Å². The third kappa shape index (κ3) is 7.90. The smallest absolute Gasteiger partial charge is 0.336 e. The van der Waals surface area contributed by atoms with Gasteiger partial charge in [0.05, 0.1) is 5.56 Å². The van der Waals surface area contributed by atoms with Crippen LogP contribution in [0.5, 0.6) is 35.3 Å². The number of fused-ring (bicyclic) bond motifs is 2. The molecule has 2 aliphatic carbocycles. The Kier molecular flexibility index (Phi) is 10.5. The lowest BCUT2D eigenvalue weighted by molar-refractivity contribution is 0.0295. The summed E-state index contributed by atoms with van der Waals surface area (Å²) < 4.78 is 26.0. The standard InChI is InChI=1S/C44H51N3O6/c1-24(2)34-20-26(5)13-18-36(34)52-43-45-42(46-44(47-43)53-37-19-14-27(6)21-35(37)25(3)4)50-29-15-17-33-39(23-29)51-38-22-28(7)12-16-32(38)40(33)30-10-8-9-11-31(30)41(48)49/h8-12,15-17,22-27,34-37H,7,13-14,18-21H2,1-6H3,(H,48,49). The minimum absolute atomic E-state index is 0.0222.